The van der Waals surface area contributed by atoms with Gasteiger partial charge in [-0.3, -0.25) is 9.59 Å². The lowest BCUT2D eigenvalue weighted by Crippen LogP contribution is -2.15. The van der Waals surface area contributed by atoms with Crippen LogP contribution in [0.25, 0.3) is 11.0 Å². The summed E-state index contributed by atoms with van der Waals surface area (Å²) in [5.41, 5.74) is 0.655. The third kappa shape index (κ3) is 3.00. The third-order valence-electron chi connectivity index (χ3n) is 3.56. The number of rotatable bonds is 4. The molecule has 4 rings (SSSR count). The summed E-state index contributed by atoms with van der Waals surface area (Å²) in [6.45, 7) is 0. The predicted molar refractivity (Wildman–Crippen MR) is 93.2 cm³/mol. The van der Waals surface area contributed by atoms with Crippen molar-refractivity contribution in [1.29, 1.82) is 0 Å². The number of carbonyl (C=O) groups excluding carboxylic acids is 1. The highest BCUT2D eigenvalue weighted by Gasteiger charge is 2.16. The molecule has 0 unspecified atom stereocenters. The Hall–Kier alpha value is -4.01. The maximum absolute atomic E-state index is 12.5. The van der Waals surface area contributed by atoms with E-state index in [2.05, 4.69) is 30.2 Å². The van der Waals surface area contributed by atoms with Crippen LogP contribution in [0.15, 0.2) is 60.0 Å². The number of aromatic amines is 2. The number of aromatic nitrogens is 5. The first-order valence-corrected chi connectivity index (χ1v) is 7.62. The predicted octanol–water partition coefficient (Wildman–Crippen LogP) is 2.09. The molecule has 1 amide bonds. The van der Waals surface area contributed by atoms with Gasteiger partial charge in [0.2, 0.25) is 0 Å². The molecule has 0 radical (unpaired) electrons. The molecule has 4 aromatic rings. The van der Waals surface area contributed by atoms with Gasteiger partial charge < -0.3 is 20.0 Å². The number of nitrogens with one attached hydrogen (secondary N) is 3. The zero-order valence-corrected chi connectivity index (χ0v) is 13.3. The van der Waals surface area contributed by atoms with E-state index in [0.717, 1.165) is 0 Å². The lowest BCUT2D eigenvalue weighted by atomic mass is 10.2. The summed E-state index contributed by atoms with van der Waals surface area (Å²) in [5, 5.41) is 2.93. The van der Waals surface area contributed by atoms with Crippen molar-refractivity contribution >= 4 is 22.6 Å². The number of fused-ring (bicyclic) bond motifs is 1. The smallest absolute Gasteiger partial charge is 0.321 e. The molecule has 0 aliphatic rings. The number of ether oxygens (including phenoxy) is 1. The molecule has 0 spiro atoms. The van der Waals surface area contributed by atoms with Crippen molar-refractivity contribution in [3.63, 3.8) is 0 Å². The molecule has 9 heteroatoms. The second kappa shape index (κ2) is 6.48. The molecule has 3 N–H and O–H groups in total. The van der Waals surface area contributed by atoms with E-state index in [9.17, 15) is 9.59 Å². The quantitative estimate of drug-likeness (QED) is 0.518. The Morgan fingerprint density at radius 1 is 1.08 bits per heavy atom. The monoisotopic (exact) mass is 348 g/mol. The summed E-state index contributed by atoms with van der Waals surface area (Å²) in [6, 6.07) is 8.65. The fraction of sp³-hybridized carbons (Fsp3) is 0. The van der Waals surface area contributed by atoms with Gasteiger partial charge in [0.1, 0.15) is 11.4 Å². The standard InChI is InChI=1S/C17H12N6O3/c24-15(12-8-20-14-13(12)16(25)22-9-21-14)23-10-3-1-4-11(7-10)26-17-18-5-2-6-19-17/h1-9H,(H,23,24)(H2,20,21,22,25). The Morgan fingerprint density at radius 3 is 2.77 bits per heavy atom. The highest BCUT2D eigenvalue weighted by molar-refractivity contribution is 6.12. The summed E-state index contributed by atoms with van der Waals surface area (Å²) in [6.07, 6.45) is 5.85. The van der Waals surface area contributed by atoms with E-state index >= 15 is 0 Å². The highest BCUT2D eigenvalue weighted by atomic mass is 16.5. The lowest BCUT2D eigenvalue weighted by molar-refractivity contribution is 0.102. The normalized spacial score (nSPS) is 10.6. The molecule has 0 saturated carbocycles. The summed E-state index contributed by atoms with van der Waals surface area (Å²) < 4.78 is 5.54. The number of benzene rings is 1. The molecule has 0 bridgehead atoms. The van der Waals surface area contributed by atoms with Gasteiger partial charge >= 0.3 is 6.01 Å². The molecule has 3 heterocycles. The first-order chi connectivity index (χ1) is 12.7. The zero-order valence-electron chi connectivity index (χ0n) is 13.3. The van der Waals surface area contributed by atoms with Gasteiger partial charge in [-0.05, 0) is 18.2 Å². The number of hydrogen-bond donors (Lipinski definition) is 3. The SMILES string of the molecule is O=C(Nc1cccc(Oc2ncccn2)c1)c1c[nH]c2nc[nH]c(=O)c12. The molecule has 0 atom stereocenters. The lowest BCUT2D eigenvalue weighted by Gasteiger charge is -2.07. The van der Waals surface area contributed by atoms with E-state index in [1.807, 2.05) is 0 Å². The number of hydrogen-bond acceptors (Lipinski definition) is 6. The molecule has 0 saturated heterocycles. The molecule has 1 aromatic carbocycles. The van der Waals surface area contributed by atoms with E-state index in [4.69, 9.17) is 4.74 Å². The van der Waals surface area contributed by atoms with Gasteiger partial charge in [0, 0.05) is 30.3 Å². The molecule has 26 heavy (non-hydrogen) atoms. The van der Waals surface area contributed by atoms with Crippen LogP contribution in [0.1, 0.15) is 10.4 Å². The van der Waals surface area contributed by atoms with E-state index in [1.165, 1.54) is 12.5 Å². The zero-order chi connectivity index (χ0) is 17.9. The Bertz CT molecular complexity index is 1140. The molecular weight excluding hydrogens is 336 g/mol. The fourth-order valence-electron chi connectivity index (χ4n) is 2.43. The van der Waals surface area contributed by atoms with E-state index < -0.39 is 5.91 Å². The minimum Gasteiger partial charge on any atom is -0.424 e. The van der Waals surface area contributed by atoms with Gasteiger partial charge in [0.05, 0.1) is 17.3 Å². The summed E-state index contributed by atoms with van der Waals surface area (Å²) >= 11 is 0. The highest BCUT2D eigenvalue weighted by Crippen LogP contribution is 2.22. The van der Waals surface area contributed by atoms with Crippen molar-refractivity contribution in [3.8, 4) is 11.8 Å². The van der Waals surface area contributed by atoms with Crippen molar-refractivity contribution in [2.24, 2.45) is 0 Å². The fourth-order valence-corrected chi connectivity index (χ4v) is 2.43. The second-order valence-corrected chi connectivity index (χ2v) is 5.27. The van der Waals surface area contributed by atoms with E-state index in [1.54, 1.807) is 42.7 Å². The molecule has 9 nitrogen and oxygen atoms in total. The average molecular weight is 348 g/mol. The van der Waals surface area contributed by atoms with Gasteiger partial charge in [-0.1, -0.05) is 6.07 Å². The van der Waals surface area contributed by atoms with Crippen molar-refractivity contribution in [3.05, 3.63) is 71.2 Å². The Morgan fingerprint density at radius 2 is 1.92 bits per heavy atom. The molecule has 128 valence electrons. The molecule has 0 aliphatic carbocycles. The minimum absolute atomic E-state index is 0.199. The summed E-state index contributed by atoms with van der Waals surface area (Å²) in [5.74, 6) is 0.0234. The van der Waals surface area contributed by atoms with Crippen LogP contribution in [-0.2, 0) is 0 Å². The van der Waals surface area contributed by atoms with Crippen molar-refractivity contribution < 1.29 is 9.53 Å². The van der Waals surface area contributed by atoms with Crippen LogP contribution >= 0.6 is 0 Å². The molecular formula is C17H12N6O3. The van der Waals surface area contributed by atoms with Crippen molar-refractivity contribution in [2.45, 2.75) is 0 Å². The molecule has 0 aliphatic heterocycles. The molecule has 0 fully saturated rings. The third-order valence-corrected chi connectivity index (χ3v) is 3.56. The topological polar surface area (TPSA) is 126 Å². The van der Waals surface area contributed by atoms with Crippen LogP contribution in [0.2, 0.25) is 0 Å². The van der Waals surface area contributed by atoms with E-state index in [0.29, 0.717) is 17.1 Å². The number of carbonyl (C=O) groups is 1. The van der Waals surface area contributed by atoms with Crippen LogP contribution in [0.5, 0.6) is 11.8 Å². The largest absolute Gasteiger partial charge is 0.424 e. The second-order valence-electron chi connectivity index (χ2n) is 5.27. The van der Waals surface area contributed by atoms with Gasteiger partial charge in [0.15, 0.2) is 0 Å². The van der Waals surface area contributed by atoms with Crippen molar-refractivity contribution in [2.75, 3.05) is 5.32 Å². The van der Waals surface area contributed by atoms with Crippen LogP contribution in [0.3, 0.4) is 0 Å². The van der Waals surface area contributed by atoms with Crippen molar-refractivity contribution in [1.82, 2.24) is 24.9 Å². The Labute approximate surface area is 146 Å². The number of nitrogens with zero attached hydrogens (tertiary/aromatic N) is 3. The Balaban J connectivity index is 1.58. The van der Waals surface area contributed by atoms with Gasteiger partial charge in [-0.15, -0.1) is 0 Å². The van der Waals surface area contributed by atoms with Crippen LogP contribution < -0.4 is 15.6 Å². The van der Waals surface area contributed by atoms with Gasteiger partial charge in [-0.2, -0.15) is 0 Å². The maximum Gasteiger partial charge on any atom is 0.321 e. The van der Waals surface area contributed by atoms with E-state index in [-0.39, 0.29) is 22.5 Å². The van der Waals surface area contributed by atoms with Gasteiger partial charge in [-0.25, -0.2) is 15.0 Å². The maximum atomic E-state index is 12.5. The van der Waals surface area contributed by atoms with Gasteiger partial charge in [0.25, 0.3) is 11.5 Å². The minimum atomic E-state index is -0.442. The first kappa shape index (κ1) is 15.5. The number of amides is 1. The summed E-state index contributed by atoms with van der Waals surface area (Å²) in [7, 11) is 0. The van der Waals surface area contributed by atoms with Crippen LogP contribution in [0.4, 0.5) is 5.69 Å². The van der Waals surface area contributed by atoms with Crippen LogP contribution in [0, 0.1) is 0 Å². The number of H-pyrrole nitrogens is 2. The Kier molecular flexibility index (Phi) is 3.86. The average Bonchev–Trinajstić information content (AvgIpc) is 3.09. The first-order valence-electron chi connectivity index (χ1n) is 7.62. The summed E-state index contributed by atoms with van der Waals surface area (Å²) in [4.78, 5) is 41.7. The number of anilines is 1. The van der Waals surface area contributed by atoms with Crippen LogP contribution in [-0.4, -0.2) is 30.8 Å². The molecule has 3 aromatic heterocycles.